The fourth-order valence-electron chi connectivity index (χ4n) is 1.69. The Bertz CT molecular complexity index is 591. The fraction of sp³-hybridized carbons (Fsp3) is 0.333. The summed E-state index contributed by atoms with van der Waals surface area (Å²) in [5.74, 6) is 0.482. The predicted molar refractivity (Wildman–Crippen MR) is 85.2 cm³/mol. The average Bonchev–Trinajstić information content (AvgIpc) is 2.77. The van der Waals surface area contributed by atoms with Gasteiger partial charge < -0.3 is 10.1 Å². The standard InChI is InChI=1S/C15H17ClN2O2S/c1-10-11(2)21-15(18-10)7-8-17-14(19)9-20-13-5-3-12(16)4-6-13/h3-6H,7-9H2,1-2H3,(H,17,19). The van der Waals surface area contributed by atoms with E-state index < -0.39 is 0 Å². The van der Waals surface area contributed by atoms with Crippen LogP contribution in [0.2, 0.25) is 5.02 Å². The van der Waals surface area contributed by atoms with E-state index in [1.54, 1.807) is 35.6 Å². The number of benzene rings is 1. The van der Waals surface area contributed by atoms with Crippen molar-refractivity contribution in [2.45, 2.75) is 20.3 Å². The van der Waals surface area contributed by atoms with Gasteiger partial charge in [-0.25, -0.2) is 4.98 Å². The molecule has 4 nitrogen and oxygen atoms in total. The summed E-state index contributed by atoms with van der Waals surface area (Å²) in [6.07, 6.45) is 0.742. The molecule has 6 heteroatoms. The van der Waals surface area contributed by atoms with E-state index in [1.165, 1.54) is 4.88 Å². The van der Waals surface area contributed by atoms with E-state index in [2.05, 4.69) is 17.2 Å². The van der Waals surface area contributed by atoms with Crippen LogP contribution in [0.1, 0.15) is 15.6 Å². The van der Waals surface area contributed by atoms with Crippen LogP contribution < -0.4 is 10.1 Å². The number of rotatable bonds is 6. The highest BCUT2D eigenvalue weighted by molar-refractivity contribution is 7.11. The summed E-state index contributed by atoms with van der Waals surface area (Å²) >= 11 is 7.45. The van der Waals surface area contributed by atoms with Crippen molar-refractivity contribution in [3.63, 3.8) is 0 Å². The number of amides is 1. The Hall–Kier alpha value is -1.59. The first-order valence-electron chi connectivity index (χ1n) is 6.62. The molecule has 0 spiro atoms. The molecule has 1 aromatic heterocycles. The van der Waals surface area contributed by atoms with Crippen molar-refractivity contribution in [2.24, 2.45) is 0 Å². The molecule has 1 N–H and O–H groups in total. The topological polar surface area (TPSA) is 51.2 Å². The van der Waals surface area contributed by atoms with Crippen molar-refractivity contribution in [3.05, 3.63) is 44.9 Å². The normalized spacial score (nSPS) is 10.4. The van der Waals surface area contributed by atoms with Crippen molar-refractivity contribution < 1.29 is 9.53 Å². The van der Waals surface area contributed by atoms with E-state index >= 15 is 0 Å². The van der Waals surface area contributed by atoms with Gasteiger partial charge in [-0.15, -0.1) is 11.3 Å². The largest absolute Gasteiger partial charge is 0.484 e. The minimum atomic E-state index is -0.144. The molecule has 0 aliphatic carbocycles. The zero-order valence-corrected chi connectivity index (χ0v) is 13.6. The molecule has 0 atom stereocenters. The number of hydrogen-bond donors (Lipinski definition) is 1. The van der Waals surface area contributed by atoms with Crippen LogP contribution in [0, 0.1) is 13.8 Å². The molecule has 21 heavy (non-hydrogen) atoms. The molecule has 1 aromatic carbocycles. The minimum absolute atomic E-state index is 0.00242. The van der Waals surface area contributed by atoms with Crippen molar-refractivity contribution in [2.75, 3.05) is 13.2 Å². The SMILES string of the molecule is Cc1nc(CCNC(=O)COc2ccc(Cl)cc2)sc1C. The molecular formula is C15H17ClN2O2S. The van der Waals surface area contributed by atoms with Gasteiger partial charge >= 0.3 is 0 Å². The van der Waals surface area contributed by atoms with Crippen LogP contribution >= 0.6 is 22.9 Å². The third-order valence-electron chi connectivity index (χ3n) is 2.92. The molecule has 2 rings (SSSR count). The van der Waals surface area contributed by atoms with E-state index in [-0.39, 0.29) is 12.5 Å². The lowest BCUT2D eigenvalue weighted by molar-refractivity contribution is -0.123. The first-order chi connectivity index (χ1) is 10.0. The highest BCUT2D eigenvalue weighted by Gasteiger charge is 2.06. The van der Waals surface area contributed by atoms with Crippen LogP contribution in [0.15, 0.2) is 24.3 Å². The second-order valence-corrected chi connectivity index (χ2v) is 6.32. The van der Waals surface area contributed by atoms with Gasteiger partial charge in [-0.1, -0.05) is 11.6 Å². The second-order valence-electron chi connectivity index (χ2n) is 4.59. The first kappa shape index (κ1) is 15.8. The lowest BCUT2D eigenvalue weighted by atomic mass is 10.3. The van der Waals surface area contributed by atoms with Gasteiger partial charge in [0.2, 0.25) is 0 Å². The van der Waals surface area contributed by atoms with Crippen LogP contribution in [0.25, 0.3) is 0 Å². The molecule has 0 saturated heterocycles. The third-order valence-corrected chi connectivity index (χ3v) is 4.30. The fourth-order valence-corrected chi connectivity index (χ4v) is 2.75. The molecular weight excluding hydrogens is 308 g/mol. The van der Waals surface area contributed by atoms with Crippen molar-refractivity contribution >= 4 is 28.8 Å². The smallest absolute Gasteiger partial charge is 0.257 e. The Kier molecular flexibility index (Phi) is 5.59. The summed E-state index contributed by atoms with van der Waals surface area (Å²) in [4.78, 5) is 17.3. The van der Waals surface area contributed by atoms with Crippen molar-refractivity contribution in [3.8, 4) is 5.75 Å². The maximum absolute atomic E-state index is 11.7. The van der Waals surface area contributed by atoms with Crippen LogP contribution in [-0.4, -0.2) is 24.0 Å². The quantitative estimate of drug-likeness (QED) is 0.888. The molecule has 0 unspecified atom stereocenters. The monoisotopic (exact) mass is 324 g/mol. The zero-order valence-electron chi connectivity index (χ0n) is 12.0. The van der Waals surface area contributed by atoms with Crippen LogP contribution in [0.4, 0.5) is 0 Å². The number of carbonyl (C=O) groups excluding carboxylic acids is 1. The number of halogens is 1. The molecule has 112 valence electrons. The summed E-state index contributed by atoms with van der Waals surface area (Å²) in [6, 6.07) is 6.91. The molecule has 0 aliphatic rings. The van der Waals surface area contributed by atoms with E-state index in [4.69, 9.17) is 16.3 Å². The number of ether oxygens (including phenoxy) is 1. The Balaban J connectivity index is 1.69. The van der Waals surface area contributed by atoms with Crippen molar-refractivity contribution in [1.29, 1.82) is 0 Å². The number of nitrogens with one attached hydrogen (secondary N) is 1. The maximum Gasteiger partial charge on any atom is 0.257 e. The van der Waals surface area contributed by atoms with E-state index in [1.807, 2.05) is 6.92 Å². The molecule has 0 radical (unpaired) electrons. The number of aromatic nitrogens is 1. The Morgan fingerprint density at radius 3 is 2.67 bits per heavy atom. The molecule has 2 aromatic rings. The van der Waals surface area contributed by atoms with Crippen LogP contribution in [-0.2, 0) is 11.2 Å². The summed E-state index contributed by atoms with van der Waals surface area (Å²) in [6.45, 7) is 4.61. The molecule has 0 fully saturated rings. The molecule has 1 amide bonds. The lowest BCUT2D eigenvalue weighted by Gasteiger charge is -2.06. The predicted octanol–water partition coefficient (Wildman–Crippen LogP) is 3.15. The molecule has 0 saturated carbocycles. The maximum atomic E-state index is 11.7. The minimum Gasteiger partial charge on any atom is -0.484 e. The van der Waals surface area contributed by atoms with Crippen LogP contribution in [0.5, 0.6) is 5.75 Å². The van der Waals surface area contributed by atoms with E-state index in [0.29, 0.717) is 17.3 Å². The van der Waals surface area contributed by atoms with Gasteiger partial charge in [-0.3, -0.25) is 4.79 Å². The van der Waals surface area contributed by atoms with Gasteiger partial charge in [0.1, 0.15) is 5.75 Å². The van der Waals surface area contributed by atoms with Crippen molar-refractivity contribution in [1.82, 2.24) is 10.3 Å². The second kappa shape index (κ2) is 7.43. The number of hydrogen-bond acceptors (Lipinski definition) is 4. The number of thiazole rings is 1. The molecule has 1 heterocycles. The van der Waals surface area contributed by atoms with Gasteiger partial charge in [0.15, 0.2) is 6.61 Å². The number of carbonyl (C=O) groups is 1. The summed E-state index contributed by atoms with van der Waals surface area (Å²) in [5, 5.41) is 4.50. The highest BCUT2D eigenvalue weighted by Crippen LogP contribution is 2.16. The third kappa shape index (κ3) is 5.02. The van der Waals surface area contributed by atoms with E-state index in [0.717, 1.165) is 17.1 Å². The zero-order chi connectivity index (χ0) is 15.2. The summed E-state index contributed by atoms with van der Waals surface area (Å²) in [5.41, 5.74) is 1.06. The average molecular weight is 325 g/mol. The molecule has 0 aliphatic heterocycles. The van der Waals surface area contributed by atoms with Gasteiger partial charge in [0.25, 0.3) is 5.91 Å². The van der Waals surface area contributed by atoms with Crippen LogP contribution in [0.3, 0.4) is 0 Å². The highest BCUT2D eigenvalue weighted by atomic mass is 35.5. The number of aryl methyl sites for hydroxylation is 2. The summed E-state index contributed by atoms with van der Waals surface area (Å²) in [7, 11) is 0. The molecule has 0 bridgehead atoms. The van der Waals surface area contributed by atoms with Gasteiger partial charge in [-0.05, 0) is 38.1 Å². The van der Waals surface area contributed by atoms with Gasteiger partial charge in [-0.2, -0.15) is 0 Å². The lowest BCUT2D eigenvalue weighted by Crippen LogP contribution is -2.30. The first-order valence-corrected chi connectivity index (χ1v) is 7.82. The Morgan fingerprint density at radius 2 is 2.05 bits per heavy atom. The van der Waals surface area contributed by atoms with E-state index in [9.17, 15) is 4.79 Å². The Morgan fingerprint density at radius 1 is 1.33 bits per heavy atom. The van der Waals surface area contributed by atoms with Gasteiger partial charge in [0, 0.05) is 22.9 Å². The van der Waals surface area contributed by atoms with Gasteiger partial charge in [0.05, 0.1) is 10.7 Å². The Labute approximate surface area is 133 Å². The summed E-state index contributed by atoms with van der Waals surface area (Å²) < 4.78 is 5.37. The number of nitrogens with zero attached hydrogens (tertiary/aromatic N) is 1.